The molecule has 1 aliphatic rings. The Balaban J connectivity index is 1.49. The van der Waals surface area contributed by atoms with Gasteiger partial charge in [0, 0.05) is 45.6 Å². The van der Waals surface area contributed by atoms with E-state index in [9.17, 15) is 4.79 Å². The first kappa shape index (κ1) is 21.1. The smallest absolute Gasteiger partial charge is 0.227 e. The van der Waals surface area contributed by atoms with Gasteiger partial charge in [-0.2, -0.15) is 0 Å². The Morgan fingerprint density at radius 2 is 1.74 bits per heavy atom. The van der Waals surface area contributed by atoms with Gasteiger partial charge in [-0.25, -0.2) is 0 Å². The number of methoxy groups -OCH3 is 1. The number of carbonyl (C=O) groups is 1. The van der Waals surface area contributed by atoms with E-state index in [1.807, 2.05) is 48.6 Å². The number of likely N-dealkylation sites (N-methyl/N-ethyl adjacent to an activating group) is 1. The summed E-state index contributed by atoms with van der Waals surface area (Å²) in [5.41, 5.74) is 4.72. The zero-order chi connectivity index (χ0) is 21.6. The van der Waals surface area contributed by atoms with Crippen molar-refractivity contribution in [2.45, 2.75) is 13.0 Å². The molecule has 1 atom stereocenters. The van der Waals surface area contributed by atoms with Crippen LogP contribution in [-0.4, -0.2) is 54.5 Å². The van der Waals surface area contributed by atoms with E-state index < -0.39 is 0 Å². The lowest BCUT2D eigenvalue weighted by atomic mass is 9.95. The zero-order valence-corrected chi connectivity index (χ0v) is 18.2. The maximum absolute atomic E-state index is 13.1. The van der Waals surface area contributed by atoms with Gasteiger partial charge in [-0.1, -0.05) is 36.4 Å². The molecule has 2 aromatic carbocycles. The van der Waals surface area contributed by atoms with Gasteiger partial charge in [0.15, 0.2) is 0 Å². The van der Waals surface area contributed by atoms with Gasteiger partial charge in [0.2, 0.25) is 5.91 Å². The van der Waals surface area contributed by atoms with Crippen LogP contribution in [0.1, 0.15) is 11.1 Å². The topological polar surface area (TPSA) is 45.7 Å². The first-order chi connectivity index (χ1) is 15.1. The number of hydrogen-bond acceptors (Lipinski definition) is 4. The lowest BCUT2D eigenvalue weighted by molar-refractivity contribution is -0.133. The molecule has 2 heterocycles. The Kier molecular flexibility index (Phi) is 6.63. The summed E-state index contributed by atoms with van der Waals surface area (Å²) in [5, 5.41) is 0. The van der Waals surface area contributed by atoms with E-state index in [0.29, 0.717) is 0 Å². The van der Waals surface area contributed by atoms with Crippen molar-refractivity contribution in [1.29, 1.82) is 0 Å². The summed E-state index contributed by atoms with van der Waals surface area (Å²) in [5.74, 6) is 1.03. The van der Waals surface area contributed by atoms with Gasteiger partial charge in [-0.15, -0.1) is 0 Å². The molecule has 1 aliphatic heterocycles. The monoisotopic (exact) mass is 415 g/mol. The molecule has 0 radical (unpaired) electrons. The predicted octanol–water partition coefficient (Wildman–Crippen LogP) is 3.89. The van der Waals surface area contributed by atoms with E-state index >= 15 is 0 Å². The third-order valence-electron chi connectivity index (χ3n) is 5.94. The highest BCUT2D eigenvalue weighted by Gasteiger charge is 2.28. The molecule has 1 fully saturated rings. The van der Waals surface area contributed by atoms with Crippen molar-refractivity contribution in [3.8, 4) is 16.9 Å². The molecule has 31 heavy (non-hydrogen) atoms. The number of benzene rings is 2. The quantitative estimate of drug-likeness (QED) is 0.613. The molecule has 5 heteroatoms. The molecular weight excluding hydrogens is 386 g/mol. The van der Waals surface area contributed by atoms with Crippen LogP contribution in [0.3, 0.4) is 0 Å². The number of hydrogen-bond donors (Lipinski definition) is 0. The number of rotatable bonds is 6. The maximum Gasteiger partial charge on any atom is 0.227 e. The average Bonchev–Trinajstić information content (AvgIpc) is 2.94. The SMILES string of the molecule is COc1ccc(CN2CCN(C)C(=O)C(Cc3cccc(-c4ccncc4)c3)C2)cc1. The molecule has 0 bridgehead atoms. The average molecular weight is 416 g/mol. The molecule has 0 N–H and O–H groups in total. The van der Waals surface area contributed by atoms with Crippen molar-refractivity contribution in [2.75, 3.05) is 33.8 Å². The molecular formula is C26H29N3O2. The Morgan fingerprint density at radius 1 is 0.968 bits per heavy atom. The second-order valence-electron chi connectivity index (χ2n) is 8.18. The van der Waals surface area contributed by atoms with Gasteiger partial charge in [0.1, 0.15) is 5.75 Å². The number of nitrogens with zero attached hydrogens (tertiary/aromatic N) is 3. The third kappa shape index (κ3) is 5.30. The first-order valence-corrected chi connectivity index (χ1v) is 10.7. The number of pyridine rings is 1. The fraction of sp³-hybridized carbons (Fsp3) is 0.308. The number of amides is 1. The zero-order valence-electron chi connectivity index (χ0n) is 18.2. The summed E-state index contributed by atoms with van der Waals surface area (Å²) in [6.45, 7) is 3.22. The summed E-state index contributed by atoms with van der Waals surface area (Å²) in [6.07, 6.45) is 4.35. The molecule has 1 saturated heterocycles. The van der Waals surface area contributed by atoms with E-state index in [-0.39, 0.29) is 11.8 Å². The summed E-state index contributed by atoms with van der Waals surface area (Å²) in [7, 11) is 3.60. The van der Waals surface area contributed by atoms with E-state index in [2.05, 4.69) is 46.3 Å². The lowest BCUT2D eigenvalue weighted by Crippen LogP contribution is -2.34. The highest BCUT2D eigenvalue weighted by molar-refractivity contribution is 5.79. The van der Waals surface area contributed by atoms with E-state index in [4.69, 9.17) is 4.74 Å². The Morgan fingerprint density at radius 3 is 2.48 bits per heavy atom. The van der Waals surface area contributed by atoms with Crippen LogP contribution in [0, 0.1) is 5.92 Å². The summed E-state index contributed by atoms with van der Waals surface area (Å²) in [4.78, 5) is 21.4. The van der Waals surface area contributed by atoms with Crippen LogP contribution >= 0.6 is 0 Å². The minimum absolute atomic E-state index is 0.0570. The summed E-state index contributed by atoms with van der Waals surface area (Å²) >= 11 is 0. The molecule has 0 aliphatic carbocycles. The number of carbonyl (C=O) groups excluding carboxylic acids is 1. The van der Waals surface area contributed by atoms with Crippen LogP contribution in [0.25, 0.3) is 11.1 Å². The van der Waals surface area contributed by atoms with Gasteiger partial charge in [-0.05, 0) is 52.9 Å². The molecule has 1 unspecified atom stereocenters. The van der Waals surface area contributed by atoms with Gasteiger partial charge < -0.3 is 9.64 Å². The highest BCUT2D eigenvalue weighted by atomic mass is 16.5. The van der Waals surface area contributed by atoms with Crippen molar-refractivity contribution in [2.24, 2.45) is 5.92 Å². The summed E-state index contributed by atoms with van der Waals surface area (Å²) in [6, 6.07) is 20.7. The Bertz CT molecular complexity index is 1000. The van der Waals surface area contributed by atoms with E-state index in [1.165, 1.54) is 11.1 Å². The fourth-order valence-corrected chi connectivity index (χ4v) is 4.19. The van der Waals surface area contributed by atoms with Crippen LogP contribution in [0.2, 0.25) is 0 Å². The molecule has 160 valence electrons. The second kappa shape index (κ2) is 9.75. The van der Waals surface area contributed by atoms with Gasteiger partial charge in [0.25, 0.3) is 0 Å². The van der Waals surface area contributed by atoms with Crippen LogP contribution in [0.4, 0.5) is 0 Å². The predicted molar refractivity (Wildman–Crippen MR) is 123 cm³/mol. The maximum atomic E-state index is 13.1. The fourth-order valence-electron chi connectivity index (χ4n) is 4.19. The van der Waals surface area contributed by atoms with Crippen molar-refractivity contribution >= 4 is 5.91 Å². The number of aromatic nitrogens is 1. The minimum Gasteiger partial charge on any atom is -0.497 e. The largest absolute Gasteiger partial charge is 0.497 e. The van der Waals surface area contributed by atoms with Crippen molar-refractivity contribution in [1.82, 2.24) is 14.8 Å². The molecule has 1 aromatic heterocycles. The van der Waals surface area contributed by atoms with E-state index in [1.54, 1.807) is 7.11 Å². The Hall–Kier alpha value is -3.18. The van der Waals surface area contributed by atoms with Gasteiger partial charge in [0.05, 0.1) is 13.0 Å². The van der Waals surface area contributed by atoms with Crippen LogP contribution < -0.4 is 4.74 Å². The van der Waals surface area contributed by atoms with Crippen LogP contribution in [-0.2, 0) is 17.8 Å². The second-order valence-corrected chi connectivity index (χ2v) is 8.18. The summed E-state index contributed by atoms with van der Waals surface area (Å²) < 4.78 is 5.26. The van der Waals surface area contributed by atoms with Gasteiger partial charge in [-0.3, -0.25) is 14.7 Å². The molecule has 3 aromatic rings. The molecule has 1 amide bonds. The van der Waals surface area contributed by atoms with Crippen LogP contribution in [0.15, 0.2) is 73.1 Å². The standard InChI is InChI=1S/C26H29N3O2/c1-28-14-15-29(18-20-6-8-25(31-2)9-7-20)19-24(26(28)30)17-21-4-3-5-23(16-21)22-10-12-27-13-11-22/h3-13,16,24H,14-15,17-19H2,1-2H3. The minimum atomic E-state index is -0.0570. The van der Waals surface area contributed by atoms with Crippen molar-refractivity contribution in [3.05, 3.63) is 84.2 Å². The lowest BCUT2D eigenvalue weighted by Gasteiger charge is -2.23. The van der Waals surface area contributed by atoms with Crippen molar-refractivity contribution < 1.29 is 9.53 Å². The normalized spacial score (nSPS) is 17.4. The first-order valence-electron chi connectivity index (χ1n) is 10.7. The molecule has 5 nitrogen and oxygen atoms in total. The molecule has 0 saturated carbocycles. The van der Waals surface area contributed by atoms with Crippen LogP contribution in [0.5, 0.6) is 5.75 Å². The third-order valence-corrected chi connectivity index (χ3v) is 5.94. The number of ether oxygens (including phenoxy) is 1. The van der Waals surface area contributed by atoms with E-state index in [0.717, 1.165) is 49.5 Å². The Labute approximate surface area is 184 Å². The molecule has 0 spiro atoms. The highest BCUT2D eigenvalue weighted by Crippen LogP contribution is 2.23. The molecule has 4 rings (SSSR count). The van der Waals surface area contributed by atoms with Gasteiger partial charge >= 0.3 is 0 Å². The van der Waals surface area contributed by atoms with Crippen molar-refractivity contribution in [3.63, 3.8) is 0 Å².